The second kappa shape index (κ2) is 6.64. The lowest BCUT2D eigenvalue weighted by Crippen LogP contribution is -2.30. The number of nitrogens with one attached hydrogen (secondary N) is 1. The minimum Gasteiger partial charge on any atom is -0.377 e. The molecule has 3 atom stereocenters. The summed E-state index contributed by atoms with van der Waals surface area (Å²) >= 11 is 0. The van der Waals surface area contributed by atoms with Crippen molar-refractivity contribution in [3.05, 3.63) is 106 Å². The van der Waals surface area contributed by atoms with Gasteiger partial charge in [-0.25, -0.2) is 0 Å². The van der Waals surface area contributed by atoms with Crippen LogP contribution in [0.3, 0.4) is 0 Å². The maximum atomic E-state index is 11.7. The maximum Gasteiger partial charge on any atom is 0.274 e. The molecular formula is C24H20N2O2. The number of benzene rings is 3. The van der Waals surface area contributed by atoms with Crippen LogP contribution in [0.5, 0.6) is 0 Å². The summed E-state index contributed by atoms with van der Waals surface area (Å²) in [6, 6.07) is 23.7. The van der Waals surface area contributed by atoms with Gasteiger partial charge < -0.3 is 5.32 Å². The van der Waals surface area contributed by atoms with E-state index >= 15 is 0 Å². The molecule has 1 aliphatic carbocycles. The number of fused-ring (bicyclic) bond motifs is 3. The zero-order valence-corrected chi connectivity index (χ0v) is 15.3. The normalized spacial score (nSPS) is 22.2. The summed E-state index contributed by atoms with van der Waals surface area (Å²) in [7, 11) is 0. The molecule has 0 bridgehead atoms. The lowest BCUT2D eigenvalue weighted by molar-refractivity contribution is -0.385. The Morgan fingerprint density at radius 2 is 1.64 bits per heavy atom. The second-order valence-electron chi connectivity index (χ2n) is 7.43. The molecule has 0 spiro atoms. The Morgan fingerprint density at radius 1 is 0.893 bits per heavy atom. The van der Waals surface area contributed by atoms with Crippen molar-refractivity contribution in [1.29, 1.82) is 0 Å². The molecule has 0 unspecified atom stereocenters. The number of anilines is 1. The summed E-state index contributed by atoms with van der Waals surface area (Å²) in [5, 5.41) is 15.4. The van der Waals surface area contributed by atoms with Crippen LogP contribution < -0.4 is 5.32 Å². The summed E-state index contributed by atoms with van der Waals surface area (Å²) in [4.78, 5) is 11.4. The molecule has 0 saturated carbocycles. The molecule has 0 amide bonds. The van der Waals surface area contributed by atoms with E-state index in [-0.39, 0.29) is 28.5 Å². The third kappa shape index (κ3) is 2.61. The van der Waals surface area contributed by atoms with E-state index in [9.17, 15) is 10.1 Å². The zero-order valence-electron chi connectivity index (χ0n) is 15.3. The summed E-state index contributed by atoms with van der Waals surface area (Å²) in [5.74, 6) is 0.546. The van der Waals surface area contributed by atoms with E-state index in [2.05, 4.69) is 47.8 Å². The topological polar surface area (TPSA) is 55.2 Å². The standard InChI is InChI=1S/C24H20N2O2/c27-26(28)22-15-5-4-10-21(22)24-20-14-7-12-18(20)19-13-6-11-17(23(19)25-24)16-8-2-1-3-9-16/h1-13,15,18,20,24-25H,14H2/t18-,20-,24-/m1/s1. The van der Waals surface area contributed by atoms with E-state index in [0.29, 0.717) is 0 Å². The molecule has 0 aromatic heterocycles. The number of hydrogen-bond acceptors (Lipinski definition) is 3. The first-order valence-corrected chi connectivity index (χ1v) is 9.59. The van der Waals surface area contributed by atoms with Crippen LogP contribution in [0.2, 0.25) is 0 Å². The fraction of sp³-hybridized carbons (Fsp3) is 0.167. The molecule has 2 aliphatic rings. The maximum absolute atomic E-state index is 11.7. The average molecular weight is 368 g/mol. The summed E-state index contributed by atoms with van der Waals surface area (Å²) in [6.07, 6.45) is 5.40. The van der Waals surface area contributed by atoms with Gasteiger partial charge in [0.25, 0.3) is 5.69 Å². The molecule has 4 nitrogen and oxygen atoms in total. The average Bonchev–Trinajstić information content (AvgIpc) is 3.23. The van der Waals surface area contributed by atoms with Crippen molar-refractivity contribution in [3.8, 4) is 11.1 Å². The molecule has 5 rings (SSSR count). The van der Waals surface area contributed by atoms with Gasteiger partial charge in [0.2, 0.25) is 0 Å². The van der Waals surface area contributed by atoms with Gasteiger partial charge in [0, 0.05) is 23.2 Å². The highest BCUT2D eigenvalue weighted by atomic mass is 16.6. The molecule has 3 aromatic rings. The Morgan fingerprint density at radius 3 is 2.46 bits per heavy atom. The Bertz CT molecular complexity index is 1070. The number of nitrogens with zero attached hydrogens (tertiary/aromatic N) is 1. The summed E-state index contributed by atoms with van der Waals surface area (Å²) < 4.78 is 0. The molecule has 28 heavy (non-hydrogen) atoms. The van der Waals surface area contributed by atoms with Gasteiger partial charge in [0.15, 0.2) is 0 Å². The quantitative estimate of drug-likeness (QED) is 0.346. The van der Waals surface area contributed by atoms with Crippen LogP contribution in [0.15, 0.2) is 84.9 Å². The number of para-hydroxylation sites is 2. The minimum atomic E-state index is -0.271. The highest BCUT2D eigenvalue weighted by Gasteiger charge is 2.40. The largest absolute Gasteiger partial charge is 0.377 e. The van der Waals surface area contributed by atoms with Crippen molar-refractivity contribution in [2.45, 2.75) is 18.4 Å². The van der Waals surface area contributed by atoms with Gasteiger partial charge in [-0.3, -0.25) is 10.1 Å². The molecule has 3 aromatic carbocycles. The van der Waals surface area contributed by atoms with Gasteiger partial charge in [-0.15, -0.1) is 0 Å². The van der Waals surface area contributed by atoms with E-state index < -0.39 is 0 Å². The van der Waals surface area contributed by atoms with Crippen molar-refractivity contribution < 1.29 is 4.92 Å². The van der Waals surface area contributed by atoms with Gasteiger partial charge in [0.1, 0.15) is 0 Å². The fourth-order valence-electron chi connectivity index (χ4n) is 4.70. The van der Waals surface area contributed by atoms with Crippen LogP contribution >= 0.6 is 0 Å². The van der Waals surface area contributed by atoms with Crippen molar-refractivity contribution in [2.75, 3.05) is 5.32 Å². The first-order chi connectivity index (χ1) is 13.7. The summed E-state index contributed by atoms with van der Waals surface area (Å²) in [6.45, 7) is 0. The van der Waals surface area contributed by atoms with Gasteiger partial charge in [-0.1, -0.05) is 78.9 Å². The molecule has 1 N–H and O–H groups in total. The minimum absolute atomic E-state index is 0.0982. The lowest BCUT2D eigenvalue weighted by atomic mass is 9.75. The van der Waals surface area contributed by atoms with Crippen LogP contribution in [-0.2, 0) is 0 Å². The molecule has 138 valence electrons. The van der Waals surface area contributed by atoms with Crippen molar-refractivity contribution in [2.24, 2.45) is 5.92 Å². The van der Waals surface area contributed by atoms with Crippen molar-refractivity contribution in [1.82, 2.24) is 0 Å². The fourth-order valence-corrected chi connectivity index (χ4v) is 4.70. The van der Waals surface area contributed by atoms with Crippen LogP contribution in [0.4, 0.5) is 11.4 Å². The van der Waals surface area contributed by atoms with Crippen molar-refractivity contribution in [3.63, 3.8) is 0 Å². The third-order valence-corrected chi connectivity index (χ3v) is 5.95. The number of nitro benzene ring substituents is 1. The highest BCUT2D eigenvalue weighted by molar-refractivity contribution is 5.82. The number of hydrogen-bond donors (Lipinski definition) is 1. The van der Waals surface area contributed by atoms with Gasteiger partial charge in [0.05, 0.1) is 16.5 Å². The summed E-state index contributed by atoms with van der Waals surface area (Å²) in [5.41, 5.74) is 5.60. The molecule has 1 heterocycles. The third-order valence-electron chi connectivity index (χ3n) is 5.95. The molecule has 4 heteroatoms. The Labute approximate surface area is 163 Å². The van der Waals surface area contributed by atoms with Crippen LogP contribution in [-0.4, -0.2) is 4.92 Å². The molecular weight excluding hydrogens is 348 g/mol. The van der Waals surface area contributed by atoms with Gasteiger partial charge >= 0.3 is 0 Å². The molecule has 0 fully saturated rings. The van der Waals surface area contributed by atoms with E-state index in [0.717, 1.165) is 28.8 Å². The second-order valence-corrected chi connectivity index (χ2v) is 7.43. The number of nitro groups is 1. The molecule has 0 saturated heterocycles. The smallest absolute Gasteiger partial charge is 0.274 e. The van der Waals surface area contributed by atoms with E-state index in [1.165, 1.54) is 5.56 Å². The zero-order chi connectivity index (χ0) is 19.1. The number of allylic oxidation sites excluding steroid dienone is 2. The predicted molar refractivity (Wildman–Crippen MR) is 111 cm³/mol. The lowest BCUT2D eigenvalue weighted by Gasteiger charge is -2.38. The van der Waals surface area contributed by atoms with E-state index in [1.54, 1.807) is 12.1 Å². The van der Waals surface area contributed by atoms with Gasteiger partial charge in [-0.2, -0.15) is 0 Å². The molecule has 1 aliphatic heterocycles. The molecule has 0 radical (unpaired) electrons. The predicted octanol–water partition coefficient (Wildman–Crippen LogP) is 6.09. The Hall–Kier alpha value is -3.40. The monoisotopic (exact) mass is 368 g/mol. The Balaban J connectivity index is 1.68. The van der Waals surface area contributed by atoms with E-state index in [4.69, 9.17) is 0 Å². The van der Waals surface area contributed by atoms with Crippen LogP contribution in [0.25, 0.3) is 11.1 Å². The van der Waals surface area contributed by atoms with Crippen molar-refractivity contribution >= 4 is 11.4 Å². The first-order valence-electron chi connectivity index (χ1n) is 9.59. The first kappa shape index (κ1) is 16.8. The SMILES string of the molecule is O=[N+]([O-])c1ccccc1[C@@H]1Nc2c(-c3ccccc3)cccc2[C@H]2C=CC[C@H]21. The Kier molecular flexibility index (Phi) is 3.97. The number of rotatable bonds is 3. The van der Waals surface area contributed by atoms with E-state index in [1.807, 2.05) is 30.3 Å². The van der Waals surface area contributed by atoms with Crippen LogP contribution in [0, 0.1) is 16.0 Å². The highest BCUT2D eigenvalue weighted by Crippen LogP contribution is 2.53. The van der Waals surface area contributed by atoms with Crippen LogP contribution in [0.1, 0.15) is 29.5 Å². The van der Waals surface area contributed by atoms with Gasteiger partial charge in [-0.05, 0) is 23.5 Å².